The van der Waals surface area contributed by atoms with Gasteiger partial charge in [0.25, 0.3) is 5.91 Å². The van der Waals surface area contributed by atoms with Crippen molar-refractivity contribution >= 4 is 44.9 Å². The highest BCUT2D eigenvalue weighted by molar-refractivity contribution is 9.10. The van der Waals surface area contributed by atoms with Crippen molar-refractivity contribution in [2.24, 2.45) is 0 Å². The van der Waals surface area contributed by atoms with Gasteiger partial charge in [-0.15, -0.1) is 0 Å². The van der Waals surface area contributed by atoms with Crippen LogP contribution in [-0.4, -0.2) is 20.8 Å². The minimum absolute atomic E-state index is 0.230. The zero-order chi connectivity index (χ0) is 21.0. The molecule has 0 bridgehead atoms. The van der Waals surface area contributed by atoms with E-state index in [1.807, 2.05) is 0 Å². The lowest BCUT2D eigenvalue weighted by molar-refractivity contribution is -0.385. The van der Waals surface area contributed by atoms with Crippen LogP contribution in [0.5, 0.6) is 11.6 Å². The molecular weight excluding hydrogens is 466 g/mol. The lowest BCUT2D eigenvalue weighted by atomic mass is 10.2. The molecule has 9 nitrogen and oxygen atoms in total. The molecule has 0 aliphatic carbocycles. The molecule has 0 fully saturated rings. The maximum Gasteiger partial charge on any atom is 0.374 e. The van der Waals surface area contributed by atoms with Gasteiger partial charge in [-0.25, -0.2) is 4.98 Å². The Morgan fingerprint density at radius 1 is 1.24 bits per heavy atom. The summed E-state index contributed by atoms with van der Waals surface area (Å²) in [6.45, 7) is 1.77. The molecule has 0 saturated carbocycles. The molecule has 3 rings (SSSR count). The molecule has 0 saturated heterocycles. The van der Waals surface area contributed by atoms with Crippen molar-refractivity contribution in [3.8, 4) is 11.6 Å². The summed E-state index contributed by atoms with van der Waals surface area (Å²) in [4.78, 5) is 30.9. The van der Waals surface area contributed by atoms with Crippen molar-refractivity contribution in [2.45, 2.75) is 6.92 Å². The van der Waals surface area contributed by atoms with Gasteiger partial charge in [0.1, 0.15) is 12.1 Å². The fourth-order valence-electron chi connectivity index (χ4n) is 2.31. The van der Waals surface area contributed by atoms with Crippen molar-refractivity contribution in [3.05, 3.63) is 79.5 Å². The maximum absolute atomic E-state index is 12.3. The van der Waals surface area contributed by atoms with Crippen LogP contribution in [0.15, 0.2) is 53.3 Å². The van der Waals surface area contributed by atoms with Crippen LogP contribution in [0.4, 0.5) is 11.5 Å². The first-order valence-electron chi connectivity index (χ1n) is 8.11. The molecule has 0 aliphatic rings. The molecule has 1 amide bonds. The third-order valence-electron chi connectivity index (χ3n) is 3.73. The van der Waals surface area contributed by atoms with Crippen molar-refractivity contribution < 1.29 is 14.5 Å². The summed E-state index contributed by atoms with van der Waals surface area (Å²) in [5.74, 6) is -0.714. The Hall–Kier alpha value is -3.24. The largest absolute Gasteiger partial charge is 0.434 e. The molecule has 0 unspecified atom stereocenters. The summed E-state index contributed by atoms with van der Waals surface area (Å²) in [5.41, 5.74) is 5.36. The highest BCUT2D eigenvalue weighted by Crippen LogP contribution is 2.34. The standard InChI is InChI=1S/C18H13BrClN5O4/c1-10-8-11(6-7-14(10)20)29-18-15(25(27)28)16(21-9-22-18)23-24-17(26)12-4-2-3-5-13(12)19/h2-9H,1H3,(H,24,26)(H,21,22,23). The van der Waals surface area contributed by atoms with E-state index in [1.165, 1.54) is 0 Å². The number of hydrogen-bond donors (Lipinski definition) is 2. The van der Waals surface area contributed by atoms with Gasteiger partial charge >= 0.3 is 11.6 Å². The number of aromatic nitrogens is 2. The molecule has 0 aliphatic heterocycles. The van der Waals surface area contributed by atoms with E-state index in [9.17, 15) is 14.9 Å². The van der Waals surface area contributed by atoms with Crippen molar-refractivity contribution in [1.82, 2.24) is 15.4 Å². The zero-order valence-electron chi connectivity index (χ0n) is 14.8. The topological polar surface area (TPSA) is 119 Å². The second kappa shape index (κ2) is 8.84. The molecule has 2 aromatic carbocycles. The number of aryl methyl sites for hydroxylation is 1. The molecule has 0 spiro atoms. The van der Waals surface area contributed by atoms with Gasteiger partial charge in [-0.05, 0) is 58.7 Å². The minimum atomic E-state index is -0.703. The molecule has 148 valence electrons. The number of ether oxygens (including phenoxy) is 1. The summed E-state index contributed by atoms with van der Waals surface area (Å²) in [6, 6.07) is 11.5. The number of amides is 1. The number of nitrogens with zero attached hydrogens (tertiary/aromatic N) is 3. The van der Waals surface area contributed by atoms with Crippen molar-refractivity contribution in [3.63, 3.8) is 0 Å². The van der Waals surface area contributed by atoms with Gasteiger partial charge in [-0.3, -0.25) is 25.8 Å². The van der Waals surface area contributed by atoms with Gasteiger partial charge in [0, 0.05) is 9.50 Å². The van der Waals surface area contributed by atoms with E-state index < -0.39 is 16.5 Å². The summed E-state index contributed by atoms with van der Waals surface area (Å²) >= 11 is 9.25. The molecule has 1 aromatic heterocycles. The number of hydrogen-bond acceptors (Lipinski definition) is 7. The Morgan fingerprint density at radius 2 is 2.00 bits per heavy atom. The summed E-state index contributed by atoms with van der Waals surface area (Å²) in [7, 11) is 0. The molecule has 1 heterocycles. The molecule has 0 radical (unpaired) electrons. The Balaban J connectivity index is 1.85. The quantitative estimate of drug-likeness (QED) is 0.390. The Labute approximate surface area is 178 Å². The average molecular weight is 479 g/mol. The van der Waals surface area contributed by atoms with Gasteiger partial charge in [0.05, 0.1) is 10.5 Å². The van der Waals surface area contributed by atoms with Crippen molar-refractivity contribution in [2.75, 3.05) is 5.43 Å². The molecular formula is C18H13BrClN5O4. The van der Waals surface area contributed by atoms with Gasteiger partial charge < -0.3 is 4.74 Å². The van der Waals surface area contributed by atoms with E-state index >= 15 is 0 Å². The zero-order valence-corrected chi connectivity index (χ0v) is 17.2. The van der Waals surface area contributed by atoms with Gasteiger partial charge in [0.2, 0.25) is 5.82 Å². The van der Waals surface area contributed by atoms with Crippen LogP contribution in [-0.2, 0) is 0 Å². The molecule has 3 aromatic rings. The second-order valence-corrected chi connectivity index (χ2v) is 6.97. The first kappa shape index (κ1) is 20.5. The third kappa shape index (κ3) is 4.79. The van der Waals surface area contributed by atoms with Crippen LogP contribution in [0, 0.1) is 17.0 Å². The number of carbonyl (C=O) groups is 1. The van der Waals surface area contributed by atoms with E-state index in [2.05, 4.69) is 36.7 Å². The molecule has 2 N–H and O–H groups in total. The van der Waals surface area contributed by atoms with E-state index in [0.29, 0.717) is 20.8 Å². The number of carbonyl (C=O) groups excluding carboxylic acids is 1. The lowest BCUT2D eigenvalue weighted by Gasteiger charge is -2.11. The van der Waals surface area contributed by atoms with Crippen molar-refractivity contribution in [1.29, 1.82) is 0 Å². The lowest BCUT2D eigenvalue weighted by Crippen LogP contribution is -2.30. The predicted octanol–water partition coefficient (Wildman–Crippen LogP) is 4.66. The fraction of sp³-hybridized carbons (Fsp3) is 0.0556. The third-order valence-corrected chi connectivity index (χ3v) is 4.84. The van der Waals surface area contributed by atoms with Gasteiger partial charge in [-0.1, -0.05) is 23.7 Å². The van der Waals surface area contributed by atoms with Gasteiger partial charge in [0.15, 0.2) is 0 Å². The molecule has 0 atom stereocenters. The highest BCUT2D eigenvalue weighted by Gasteiger charge is 2.26. The Kier molecular flexibility index (Phi) is 6.25. The number of benzene rings is 2. The van der Waals surface area contributed by atoms with Crippen LogP contribution in [0.1, 0.15) is 15.9 Å². The van der Waals surface area contributed by atoms with Crippen LogP contribution in [0.3, 0.4) is 0 Å². The Morgan fingerprint density at radius 3 is 2.69 bits per heavy atom. The van der Waals surface area contributed by atoms with Crippen LogP contribution >= 0.6 is 27.5 Å². The van der Waals surface area contributed by atoms with Crippen LogP contribution < -0.4 is 15.6 Å². The maximum atomic E-state index is 12.3. The number of rotatable bonds is 6. The van der Waals surface area contributed by atoms with Crippen LogP contribution in [0.2, 0.25) is 5.02 Å². The van der Waals surface area contributed by atoms with E-state index in [1.54, 1.807) is 49.4 Å². The first-order chi connectivity index (χ1) is 13.9. The van der Waals surface area contributed by atoms with E-state index in [4.69, 9.17) is 16.3 Å². The highest BCUT2D eigenvalue weighted by atomic mass is 79.9. The number of nitrogens with one attached hydrogen (secondary N) is 2. The first-order valence-corrected chi connectivity index (χ1v) is 9.28. The molecule has 29 heavy (non-hydrogen) atoms. The normalized spacial score (nSPS) is 10.3. The summed E-state index contributed by atoms with van der Waals surface area (Å²) in [6.07, 6.45) is 1.08. The molecule has 11 heteroatoms. The summed E-state index contributed by atoms with van der Waals surface area (Å²) in [5, 5.41) is 12.1. The monoisotopic (exact) mass is 477 g/mol. The number of hydrazine groups is 1. The van der Waals surface area contributed by atoms with Crippen LogP contribution in [0.25, 0.3) is 0 Å². The predicted molar refractivity (Wildman–Crippen MR) is 110 cm³/mol. The van der Waals surface area contributed by atoms with E-state index in [-0.39, 0.29) is 11.7 Å². The number of nitro groups is 1. The fourth-order valence-corrected chi connectivity index (χ4v) is 2.90. The number of anilines is 1. The SMILES string of the molecule is Cc1cc(Oc2ncnc(NNC(=O)c3ccccc3Br)c2[N+](=O)[O-])ccc1Cl. The van der Waals surface area contributed by atoms with Gasteiger partial charge in [-0.2, -0.15) is 4.98 Å². The Bertz CT molecular complexity index is 1100. The smallest absolute Gasteiger partial charge is 0.374 e. The average Bonchev–Trinajstić information content (AvgIpc) is 2.69. The minimum Gasteiger partial charge on any atom is -0.434 e. The number of halogens is 2. The second-order valence-electron chi connectivity index (χ2n) is 5.71. The summed E-state index contributed by atoms with van der Waals surface area (Å²) < 4.78 is 6.11. The van der Waals surface area contributed by atoms with E-state index in [0.717, 1.165) is 11.9 Å².